The fraction of sp³-hybridized carbons (Fsp3) is 0.579. The van der Waals surface area contributed by atoms with E-state index in [9.17, 15) is 4.79 Å². The van der Waals surface area contributed by atoms with Crippen molar-refractivity contribution in [2.45, 2.75) is 32.2 Å². The molecule has 1 unspecified atom stereocenters. The quantitative estimate of drug-likeness (QED) is 0.212. The minimum Gasteiger partial charge on any atom is -0.369 e. The van der Waals surface area contributed by atoms with Crippen molar-refractivity contribution in [1.82, 2.24) is 16.0 Å². The molecule has 1 saturated heterocycles. The molecule has 1 aromatic carbocycles. The van der Waals surface area contributed by atoms with E-state index in [1.165, 1.54) is 5.69 Å². The second kappa shape index (κ2) is 11.1. The Labute approximate surface area is 187 Å². The maximum atomic E-state index is 11.6. The molecule has 0 radical (unpaired) electrons. The summed E-state index contributed by atoms with van der Waals surface area (Å²) in [5.74, 6) is 1.27. The first-order valence-corrected chi connectivity index (χ1v) is 10.3. The second-order valence-electron chi connectivity index (χ2n) is 6.88. The van der Waals surface area contributed by atoms with Gasteiger partial charge in [0.2, 0.25) is 5.91 Å². The third kappa shape index (κ3) is 7.14. The zero-order valence-electron chi connectivity index (χ0n) is 15.7. The molecule has 6 nitrogen and oxygen atoms in total. The van der Waals surface area contributed by atoms with Gasteiger partial charge in [0.1, 0.15) is 0 Å². The molecule has 1 amide bonds. The predicted molar refractivity (Wildman–Crippen MR) is 125 cm³/mol. The van der Waals surface area contributed by atoms with Crippen LogP contribution in [0.25, 0.3) is 0 Å². The zero-order valence-corrected chi connectivity index (χ0v) is 19.6. The number of carbonyl (C=O) groups is 1. The van der Waals surface area contributed by atoms with Crippen molar-refractivity contribution in [2.75, 3.05) is 37.6 Å². The summed E-state index contributed by atoms with van der Waals surface area (Å²) in [7, 11) is 0. The van der Waals surface area contributed by atoms with Gasteiger partial charge in [-0.15, -0.1) is 24.0 Å². The van der Waals surface area contributed by atoms with Gasteiger partial charge in [-0.2, -0.15) is 0 Å². The number of hydrogen-bond acceptors (Lipinski definition) is 3. The monoisotopic (exact) mass is 549 g/mol. The molecule has 3 N–H and O–H groups in total. The van der Waals surface area contributed by atoms with E-state index in [2.05, 4.69) is 73.0 Å². The maximum Gasteiger partial charge on any atom is 0.223 e. The largest absolute Gasteiger partial charge is 0.369 e. The Kier molecular flexibility index (Phi) is 9.14. The molecule has 1 heterocycles. The summed E-state index contributed by atoms with van der Waals surface area (Å²) in [5, 5.41) is 9.78. The maximum absolute atomic E-state index is 11.6. The third-order valence-corrected chi connectivity index (χ3v) is 5.22. The van der Waals surface area contributed by atoms with Gasteiger partial charge in [-0.1, -0.05) is 15.9 Å². The molecule has 1 aliphatic heterocycles. The van der Waals surface area contributed by atoms with E-state index in [0.29, 0.717) is 19.1 Å². The number of hydrogen-bond donors (Lipinski definition) is 3. The van der Waals surface area contributed by atoms with Gasteiger partial charge in [0.05, 0.1) is 6.54 Å². The summed E-state index contributed by atoms with van der Waals surface area (Å²) >= 11 is 3.48. The number of rotatable bonds is 7. The molecule has 0 spiro atoms. The molecule has 0 bridgehead atoms. The fourth-order valence-electron chi connectivity index (χ4n) is 3.11. The molecule has 1 aliphatic carbocycles. The van der Waals surface area contributed by atoms with Gasteiger partial charge in [-0.25, -0.2) is 0 Å². The molecule has 1 atom stereocenters. The smallest absolute Gasteiger partial charge is 0.223 e. The summed E-state index contributed by atoms with van der Waals surface area (Å²) in [6, 6.07) is 8.83. The normalized spacial score (nSPS) is 19.4. The molecular weight excluding hydrogens is 521 g/mol. The lowest BCUT2D eigenvalue weighted by molar-refractivity contribution is -0.122. The summed E-state index contributed by atoms with van der Waals surface area (Å²) < 4.78 is 1.10. The van der Waals surface area contributed by atoms with Gasteiger partial charge in [0.15, 0.2) is 5.96 Å². The molecule has 3 rings (SSSR count). The van der Waals surface area contributed by atoms with Crippen molar-refractivity contribution in [1.29, 1.82) is 0 Å². The number of amides is 1. The Hall–Kier alpha value is -1.03. The number of guanidine groups is 1. The lowest BCUT2D eigenvalue weighted by atomic mass is 10.3. The van der Waals surface area contributed by atoms with Crippen molar-refractivity contribution in [2.24, 2.45) is 10.9 Å². The van der Waals surface area contributed by atoms with E-state index in [0.717, 1.165) is 49.3 Å². The topological polar surface area (TPSA) is 68.8 Å². The highest BCUT2D eigenvalue weighted by Gasteiger charge is 2.29. The summed E-state index contributed by atoms with van der Waals surface area (Å²) in [4.78, 5) is 18.6. The van der Waals surface area contributed by atoms with Crippen LogP contribution in [0.5, 0.6) is 0 Å². The summed E-state index contributed by atoms with van der Waals surface area (Å²) in [5.41, 5.74) is 1.25. The van der Waals surface area contributed by atoms with Crippen LogP contribution in [0.3, 0.4) is 0 Å². The van der Waals surface area contributed by atoms with E-state index in [-0.39, 0.29) is 35.8 Å². The van der Waals surface area contributed by atoms with E-state index in [4.69, 9.17) is 0 Å². The minimum absolute atomic E-state index is 0. The van der Waals surface area contributed by atoms with Crippen molar-refractivity contribution in [3.8, 4) is 0 Å². The SMILES string of the molecule is CCNC(=NCCNC(=O)C1CC1)NC1CCN(c2ccc(Br)cc2)C1.I. The zero-order chi connectivity index (χ0) is 18.4. The number of benzene rings is 1. The molecule has 2 fully saturated rings. The summed E-state index contributed by atoms with van der Waals surface area (Å²) in [6.07, 6.45) is 3.16. The molecular formula is C19H29BrIN5O. The van der Waals surface area contributed by atoms with Gasteiger partial charge in [-0.3, -0.25) is 9.79 Å². The van der Waals surface area contributed by atoms with Crippen LogP contribution in [0.2, 0.25) is 0 Å². The minimum atomic E-state index is 0. The molecule has 2 aliphatic rings. The predicted octanol–water partition coefficient (Wildman–Crippen LogP) is 2.73. The Bertz CT molecular complexity index is 635. The molecule has 1 saturated carbocycles. The van der Waals surface area contributed by atoms with Crippen LogP contribution in [-0.2, 0) is 4.79 Å². The molecule has 150 valence electrons. The molecule has 27 heavy (non-hydrogen) atoms. The van der Waals surface area contributed by atoms with Gasteiger partial charge in [0, 0.05) is 48.3 Å². The number of nitrogens with zero attached hydrogens (tertiary/aromatic N) is 2. The highest BCUT2D eigenvalue weighted by molar-refractivity contribution is 14.0. The van der Waals surface area contributed by atoms with Crippen LogP contribution >= 0.6 is 39.9 Å². The van der Waals surface area contributed by atoms with Crippen molar-refractivity contribution in [3.05, 3.63) is 28.7 Å². The first-order chi connectivity index (χ1) is 12.7. The highest BCUT2D eigenvalue weighted by Crippen LogP contribution is 2.28. The number of nitrogens with one attached hydrogen (secondary N) is 3. The summed E-state index contributed by atoms with van der Waals surface area (Å²) in [6.45, 7) is 6.08. The standard InChI is InChI=1S/C19H28BrN5O.HI/c1-2-21-19(23-11-10-22-18(26)14-3-4-14)24-16-9-12-25(13-16)17-7-5-15(20)6-8-17;/h5-8,14,16H,2-4,9-13H2,1H3,(H,22,26)(H2,21,23,24);1H. The Balaban J connectivity index is 0.00000261. The number of aliphatic imine (C=N–C) groups is 1. The van der Waals surface area contributed by atoms with Crippen LogP contribution in [0.4, 0.5) is 5.69 Å². The second-order valence-corrected chi connectivity index (χ2v) is 7.79. The first kappa shape index (κ1) is 22.3. The average Bonchev–Trinajstić information content (AvgIpc) is 3.39. The van der Waals surface area contributed by atoms with E-state index in [1.807, 2.05) is 0 Å². The highest BCUT2D eigenvalue weighted by atomic mass is 127. The van der Waals surface area contributed by atoms with Crippen LogP contribution in [-0.4, -0.2) is 50.6 Å². The Morgan fingerprint density at radius 1 is 1.22 bits per heavy atom. The van der Waals surface area contributed by atoms with Crippen LogP contribution < -0.4 is 20.9 Å². The Morgan fingerprint density at radius 3 is 2.63 bits per heavy atom. The van der Waals surface area contributed by atoms with Crippen LogP contribution in [0.15, 0.2) is 33.7 Å². The van der Waals surface area contributed by atoms with Crippen molar-refractivity contribution < 1.29 is 4.79 Å². The third-order valence-electron chi connectivity index (χ3n) is 4.69. The molecule has 8 heteroatoms. The molecule has 1 aromatic rings. The van der Waals surface area contributed by atoms with Crippen LogP contribution in [0, 0.1) is 5.92 Å². The van der Waals surface area contributed by atoms with E-state index in [1.54, 1.807) is 0 Å². The number of anilines is 1. The lowest BCUT2D eigenvalue weighted by Gasteiger charge is -2.20. The van der Waals surface area contributed by atoms with Crippen molar-refractivity contribution >= 4 is 57.5 Å². The first-order valence-electron chi connectivity index (χ1n) is 9.48. The Morgan fingerprint density at radius 2 is 1.96 bits per heavy atom. The van der Waals surface area contributed by atoms with E-state index >= 15 is 0 Å². The van der Waals surface area contributed by atoms with E-state index < -0.39 is 0 Å². The van der Waals surface area contributed by atoms with Gasteiger partial charge >= 0.3 is 0 Å². The van der Waals surface area contributed by atoms with Crippen LogP contribution in [0.1, 0.15) is 26.2 Å². The number of halogens is 2. The average molecular weight is 550 g/mol. The fourth-order valence-corrected chi connectivity index (χ4v) is 3.38. The lowest BCUT2D eigenvalue weighted by Crippen LogP contribution is -2.45. The molecule has 0 aromatic heterocycles. The van der Waals surface area contributed by atoms with Gasteiger partial charge in [-0.05, 0) is 50.5 Å². The van der Waals surface area contributed by atoms with Gasteiger partial charge < -0.3 is 20.9 Å². The number of carbonyl (C=O) groups excluding carboxylic acids is 1. The van der Waals surface area contributed by atoms with Crippen molar-refractivity contribution in [3.63, 3.8) is 0 Å². The van der Waals surface area contributed by atoms with Gasteiger partial charge in [0.25, 0.3) is 0 Å².